The Kier molecular flexibility index (Phi) is 6.77. The summed E-state index contributed by atoms with van der Waals surface area (Å²) in [5, 5.41) is 12.8. The lowest BCUT2D eigenvalue weighted by atomic mass is 9.68. The maximum Gasteiger partial charge on any atom is 0.416 e. The molecule has 188 valence electrons. The molecule has 0 unspecified atom stereocenters. The van der Waals surface area contributed by atoms with Gasteiger partial charge in [0.25, 0.3) is 0 Å². The Bertz CT molecular complexity index is 1050. The average Bonchev–Trinajstić information content (AvgIpc) is 3.15. The van der Waals surface area contributed by atoms with Crippen molar-refractivity contribution >= 4 is 16.8 Å². The van der Waals surface area contributed by atoms with Crippen molar-refractivity contribution in [1.29, 1.82) is 0 Å². The number of aromatic amines is 1. The Morgan fingerprint density at radius 1 is 1.32 bits per heavy atom. The maximum atomic E-state index is 13.3. The fourth-order valence-electron chi connectivity index (χ4n) is 5.74. The molecule has 5 nitrogen and oxygen atoms in total. The number of carbonyl (C=O) groups excluding carboxylic acids is 1. The van der Waals surface area contributed by atoms with Crippen molar-refractivity contribution < 1.29 is 23.1 Å². The number of rotatable bonds is 6. The molecule has 1 aliphatic heterocycles. The topological polar surface area (TPSA) is 68.4 Å². The van der Waals surface area contributed by atoms with E-state index < -0.39 is 17.2 Å². The van der Waals surface area contributed by atoms with E-state index in [9.17, 15) is 23.1 Å². The largest absolute Gasteiger partial charge is 0.416 e. The predicted molar refractivity (Wildman–Crippen MR) is 127 cm³/mol. The van der Waals surface area contributed by atoms with E-state index in [1.807, 2.05) is 13.8 Å². The first-order chi connectivity index (χ1) is 15.9. The second-order valence-electron chi connectivity index (χ2n) is 11.0. The van der Waals surface area contributed by atoms with Crippen LogP contribution in [0.3, 0.4) is 0 Å². The summed E-state index contributed by atoms with van der Waals surface area (Å²) >= 11 is 0. The Labute approximate surface area is 199 Å². The summed E-state index contributed by atoms with van der Waals surface area (Å²) in [5.74, 6) is 0.992. The van der Waals surface area contributed by atoms with Gasteiger partial charge < -0.3 is 20.3 Å². The number of likely N-dealkylation sites (tertiary alicyclic amines) is 1. The number of aliphatic hydroxyl groups is 1. The highest BCUT2D eigenvalue weighted by Crippen LogP contribution is 2.47. The molecule has 1 saturated heterocycles. The minimum absolute atomic E-state index is 0.0566. The van der Waals surface area contributed by atoms with Crippen LogP contribution in [0.1, 0.15) is 63.3 Å². The summed E-state index contributed by atoms with van der Waals surface area (Å²) in [6, 6.07) is 3.75. The van der Waals surface area contributed by atoms with Crippen LogP contribution in [0.25, 0.3) is 10.9 Å². The van der Waals surface area contributed by atoms with Crippen LogP contribution in [0.5, 0.6) is 0 Å². The van der Waals surface area contributed by atoms with Gasteiger partial charge in [0.05, 0.1) is 12.2 Å². The first-order valence-corrected chi connectivity index (χ1v) is 12.3. The van der Waals surface area contributed by atoms with E-state index in [1.165, 1.54) is 6.07 Å². The van der Waals surface area contributed by atoms with Crippen molar-refractivity contribution in [2.24, 2.45) is 17.3 Å². The molecule has 1 aromatic heterocycles. The summed E-state index contributed by atoms with van der Waals surface area (Å²) in [6.45, 7) is 10.4. The fourth-order valence-corrected chi connectivity index (χ4v) is 5.74. The number of fused-ring (bicyclic) bond motifs is 4. The van der Waals surface area contributed by atoms with Crippen LogP contribution >= 0.6 is 0 Å². The minimum atomic E-state index is -4.35. The van der Waals surface area contributed by atoms with Crippen LogP contribution in [0.2, 0.25) is 0 Å². The van der Waals surface area contributed by atoms with E-state index in [2.05, 4.69) is 22.1 Å². The highest BCUT2D eigenvalue weighted by atomic mass is 19.4. The van der Waals surface area contributed by atoms with Gasteiger partial charge in [-0.2, -0.15) is 13.2 Å². The monoisotopic (exact) mass is 479 g/mol. The van der Waals surface area contributed by atoms with E-state index in [0.29, 0.717) is 23.6 Å². The number of nitrogens with one attached hydrogen (secondary N) is 2. The lowest BCUT2D eigenvalue weighted by molar-refractivity contribution is -0.137. The number of carbonyl (C=O) groups is 1. The smallest absolute Gasteiger partial charge is 0.394 e. The molecule has 8 heteroatoms. The Hall–Kier alpha value is -2.06. The van der Waals surface area contributed by atoms with Crippen molar-refractivity contribution in [2.45, 2.75) is 65.1 Å². The summed E-state index contributed by atoms with van der Waals surface area (Å²) in [7, 11) is 0. The van der Waals surface area contributed by atoms with Gasteiger partial charge in [0.15, 0.2) is 0 Å². The summed E-state index contributed by atoms with van der Waals surface area (Å²) in [5.41, 5.74) is 1.77. The zero-order chi connectivity index (χ0) is 24.8. The van der Waals surface area contributed by atoms with Gasteiger partial charge in [-0.25, -0.2) is 0 Å². The third-order valence-corrected chi connectivity index (χ3v) is 8.02. The zero-order valence-corrected chi connectivity index (χ0v) is 20.4. The number of nitrogens with zero attached hydrogens (tertiary/aromatic N) is 1. The molecule has 1 aromatic carbocycles. The SMILES string of the molecule is C[C@H](CO)NC(=O)C(C)(C)CCN1CC[C@@H]2Cc3[nH]c4ccc(C(F)(F)F)cc4c3[C@H](C)[C@H]2C1. The molecule has 1 aliphatic carbocycles. The van der Waals surface area contributed by atoms with E-state index in [4.69, 9.17) is 0 Å². The number of amides is 1. The van der Waals surface area contributed by atoms with Crippen molar-refractivity contribution in [2.75, 3.05) is 26.2 Å². The van der Waals surface area contributed by atoms with E-state index in [-0.39, 0.29) is 24.5 Å². The number of halogens is 3. The van der Waals surface area contributed by atoms with Crippen LogP contribution in [-0.4, -0.2) is 53.2 Å². The lowest BCUT2D eigenvalue weighted by Gasteiger charge is -2.45. The third-order valence-electron chi connectivity index (χ3n) is 8.02. The molecule has 4 atom stereocenters. The highest BCUT2D eigenvalue weighted by molar-refractivity contribution is 5.86. The highest BCUT2D eigenvalue weighted by Gasteiger charge is 2.41. The number of benzene rings is 1. The standard InChI is InChI=1S/C26H36F3N3O2/c1-15(14-33)30-24(34)25(3,4)8-10-32-9-7-17-11-22-23(16(2)20(17)13-32)19-12-18(26(27,28)29)5-6-21(19)31-22/h5-6,12,15-17,20,31,33H,7-11,13-14H2,1-4H3,(H,30,34)/t15-,16-,17-,20-/m1/s1. The Morgan fingerprint density at radius 2 is 2.06 bits per heavy atom. The summed E-state index contributed by atoms with van der Waals surface area (Å²) < 4.78 is 40.0. The number of H-pyrrole nitrogens is 1. The Morgan fingerprint density at radius 3 is 2.74 bits per heavy atom. The molecule has 2 aliphatic rings. The second kappa shape index (κ2) is 9.19. The normalized spacial score (nSPS) is 24.5. The number of hydrogen-bond donors (Lipinski definition) is 3. The molecule has 34 heavy (non-hydrogen) atoms. The number of aromatic nitrogens is 1. The second-order valence-corrected chi connectivity index (χ2v) is 11.0. The van der Waals surface area contributed by atoms with Crippen LogP contribution in [0.15, 0.2) is 18.2 Å². The van der Waals surface area contributed by atoms with Crippen LogP contribution < -0.4 is 5.32 Å². The number of piperidine rings is 1. The van der Waals surface area contributed by atoms with Crippen molar-refractivity contribution in [3.05, 3.63) is 35.0 Å². The first-order valence-electron chi connectivity index (χ1n) is 12.3. The van der Waals surface area contributed by atoms with Gasteiger partial charge in [-0.15, -0.1) is 0 Å². The minimum Gasteiger partial charge on any atom is -0.394 e. The van der Waals surface area contributed by atoms with Gasteiger partial charge in [0, 0.05) is 34.6 Å². The Balaban J connectivity index is 1.48. The molecular weight excluding hydrogens is 443 g/mol. The third kappa shape index (κ3) is 4.85. The van der Waals surface area contributed by atoms with Crippen molar-refractivity contribution in [3.63, 3.8) is 0 Å². The molecule has 2 heterocycles. The molecular formula is C26H36F3N3O2. The number of hydrogen-bond acceptors (Lipinski definition) is 3. The van der Waals surface area contributed by atoms with Crippen LogP contribution in [-0.2, 0) is 17.4 Å². The molecule has 4 rings (SSSR count). The van der Waals surface area contributed by atoms with Gasteiger partial charge in [0.2, 0.25) is 5.91 Å². The first kappa shape index (κ1) is 25.0. The molecule has 0 saturated carbocycles. The van der Waals surface area contributed by atoms with E-state index in [0.717, 1.165) is 55.3 Å². The number of aliphatic hydroxyl groups excluding tert-OH is 1. The molecule has 1 amide bonds. The molecule has 2 aromatic rings. The predicted octanol–water partition coefficient (Wildman–Crippen LogP) is 4.70. The van der Waals surface area contributed by atoms with Crippen molar-refractivity contribution in [1.82, 2.24) is 15.2 Å². The van der Waals surface area contributed by atoms with Crippen LogP contribution in [0, 0.1) is 17.3 Å². The van der Waals surface area contributed by atoms with Crippen LogP contribution in [0.4, 0.5) is 13.2 Å². The maximum absolute atomic E-state index is 13.3. The van der Waals surface area contributed by atoms with Gasteiger partial charge in [-0.3, -0.25) is 4.79 Å². The summed E-state index contributed by atoms with van der Waals surface area (Å²) in [4.78, 5) is 18.4. The summed E-state index contributed by atoms with van der Waals surface area (Å²) in [6.07, 6.45) is -1.72. The molecule has 3 N–H and O–H groups in total. The molecule has 0 radical (unpaired) electrons. The molecule has 1 fully saturated rings. The van der Waals surface area contributed by atoms with E-state index in [1.54, 1.807) is 13.0 Å². The fraction of sp³-hybridized carbons (Fsp3) is 0.654. The average molecular weight is 480 g/mol. The quantitative estimate of drug-likeness (QED) is 0.563. The van der Waals surface area contributed by atoms with Crippen molar-refractivity contribution in [3.8, 4) is 0 Å². The molecule has 0 spiro atoms. The van der Waals surface area contributed by atoms with Gasteiger partial charge in [-0.1, -0.05) is 20.8 Å². The van der Waals surface area contributed by atoms with Gasteiger partial charge in [-0.05, 0) is 80.8 Å². The van der Waals surface area contributed by atoms with Gasteiger partial charge in [0.1, 0.15) is 0 Å². The lowest BCUT2D eigenvalue weighted by Crippen LogP contribution is -2.48. The van der Waals surface area contributed by atoms with Gasteiger partial charge >= 0.3 is 6.18 Å². The zero-order valence-electron chi connectivity index (χ0n) is 20.4. The number of alkyl halides is 3. The van der Waals surface area contributed by atoms with E-state index >= 15 is 0 Å². The molecule has 0 bridgehead atoms.